The minimum Gasteiger partial charge on any atom is -0.393 e. The van der Waals surface area contributed by atoms with Crippen molar-refractivity contribution in [2.45, 2.75) is 77.7 Å². The quantitative estimate of drug-likeness (QED) is 0.779. The fourth-order valence-corrected chi connectivity index (χ4v) is 7.83. The molecule has 4 fully saturated rings. The molecule has 0 amide bonds. The number of aliphatic hydroxyl groups is 2. The second kappa shape index (κ2) is 4.60. The molecule has 23 heavy (non-hydrogen) atoms. The topological polar surface area (TPSA) is 57.5 Å². The number of Topliss-reactive ketones (excluding diaryl/α,β-unsaturated/α-hetero) is 1. The molecular formula is C20H32O3. The van der Waals surface area contributed by atoms with Gasteiger partial charge in [0.2, 0.25) is 0 Å². The molecule has 0 unspecified atom stereocenters. The molecule has 1 spiro atoms. The van der Waals surface area contributed by atoms with Crippen LogP contribution in [0.3, 0.4) is 0 Å². The predicted octanol–water partition coefficient (Wildman–Crippen LogP) is 3.32. The minimum absolute atomic E-state index is 0.0870. The van der Waals surface area contributed by atoms with E-state index in [1.807, 2.05) is 0 Å². The Bertz CT molecular complexity index is 541. The number of ketones is 1. The molecule has 0 aromatic rings. The molecule has 0 saturated heterocycles. The van der Waals surface area contributed by atoms with E-state index in [0.717, 1.165) is 44.9 Å². The van der Waals surface area contributed by atoms with E-state index in [0.29, 0.717) is 17.6 Å². The summed E-state index contributed by atoms with van der Waals surface area (Å²) < 4.78 is 0. The van der Waals surface area contributed by atoms with Gasteiger partial charge in [0.25, 0.3) is 0 Å². The highest BCUT2D eigenvalue weighted by atomic mass is 16.3. The molecule has 4 saturated carbocycles. The van der Waals surface area contributed by atoms with Crippen molar-refractivity contribution in [3.05, 3.63) is 0 Å². The van der Waals surface area contributed by atoms with Gasteiger partial charge in [0.15, 0.2) is 0 Å². The summed E-state index contributed by atoms with van der Waals surface area (Å²) in [7, 11) is 0. The lowest BCUT2D eigenvalue weighted by molar-refractivity contribution is -0.165. The molecule has 4 rings (SSSR count). The Kier molecular flexibility index (Phi) is 3.22. The van der Waals surface area contributed by atoms with Crippen LogP contribution in [0.15, 0.2) is 0 Å². The molecule has 4 aliphatic rings. The zero-order valence-electron chi connectivity index (χ0n) is 14.9. The zero-order chi connectivity index (χ0) is 16.7. The SMILES string of the molecule is CC1(C)C(=O)CC[C@]2(C)[C@@H]1CC[C@@]13C[C@@H](CC[C@H]12)[C@@](O)(CO)C3. The molecule has 0 aliphatic heterocycles. The van der Waals surface area contributed by atoms with E-state index in [4.69, 9.17) is 0 Å². The predicted molar refractivity (Wildman–Crippen MR) is 88.8 cm³/mol. The number of fused-ring (bicyclic) bond motifs is 3. The van der Waals surface area contributed by atoms with Crippen LogP contribution < -0.4 is 0 Å². The number of hydrogen-bond donors (Lipinski definition) is 2. The van der Waals surface area contributed by atoms with Crippen molar-refractivity contribution in [1.29, 1.82) is 0 Å². The standard InChI is InChI=1S/C20H32O3/c1-17(2)14-6-9-19-10-13(20(23,11-19)12-21)4-5-15(19)18(14,3)8-7-16(17)22/h13-15,21,23H,4-12H2,1-3H3/t13-,14-,15+,18-,19+,20+/m1/s1. The summed E-state index contributed by atoms with van der Waals surface area (Å²) in [5, 5.41) is 20.7. The van der Waals surface area contributed by atoms with Crippen LogP contribution in [-0.2, 0) is 4.79 Å². The first-order valence-electron chi connectivity index (χ1n) is 9.55. The van der Waals surface area contributed by atoms with Crippen LogP contribution in [0.4, 0.5) is 0 Å². The Labute approximate surface area is 139 Å². The molecule has 0 aromatic heterocycles. The minimum atomic E-state index is -0.849. The second-order valence-electron chi connectivity index (χ2n) is 10.1. The van der Waals surface area contributed by atoms with Gasteiger partial charge in [-0.1, -0.05) is 20.8 Å². The molecule has 0 radical (unpaired) electrons. The van der Waals surface area contributed by atoms with Crippen LogP contribution in [0, 0.1) is 34.0 Å². The van der Waals surface area contributed by atoms with Crippen molar-refractivity contribution < 1.29 is 15.0 Å². The van der Waals surface area contributed by atoms with Gasteiger partial charge in [-0.15, -0.1) is 0 Å². The maximum absolute atomic E-state index is 12.5. The third kappa shape index (κ3) is 1.87. The van der Waals surface area contributed by atoms with Gasteiger partial charge in [0, 0.05) is 11.8 Å². The third-order valence-corrected chi connectivity index (χ3v) is 8.89. The van der Waals surface area contributed by atoms with E-state index < -0.39 is 5.60 Å². The van der Waals surface area contributed by atoms with Gasteiger partial charge >= 0.3 is 0 Å². The maximum Gasteiger partial charge on any atom is 0.138 e. The number of rotatable bonds is 1. The van der Waals surface area contributed by atoms with E-state index in [1.165, 1.54) is 6.42 Å². The van der Waals surface area contributed by atoms with Crippen molar-refractivity contribution in [3.63, 3.8) is 0 Å². The molecular weight excluding hydrogens is 288 g/mol. The van der Waals surface area contributed by atoms with Crippen LogP contribution in [0.5, 0.6) is 0 Å². The van der Waals surface area contributed by atoms with E-state index in [9.17, 15) is 15.0 Å². The van der Waals surface area contributed by atoms with Crippen molar-refractivity contribution in [1.82, 2.24) is 0 Å². The first kappa shape index (κ1) is 16.1. The van der Waals surface area contributed by atoms with Gasteiger partial charge < -0.3 is 10.2 Å². The Morgan fingerprint density at radius 3 is 2.52 bits per heavy atom. The average molecular weight is 320 g/mol. The van der Waals surface area contributed by atoms with E-state index in [1.54, 1.807) is 0 Å². The van der Waals surface area contributed by atoms with Gasteiger partial charge in [-0.25, -0.2) is 0 Å². The number of carbonyl (C=O) groups is 1. The highest BCUT2D eigenvalue weighted by molar-refractivity contribution is 5.85. The van der Waals surface area contributed by atoms with Gasteiger partial charge in [0.05, 0.1) is 12.2 Å². The van der Waals surface area contributed by atoms with Crippen molar-refractivity contribution in [2.75, 3.05) is 6.61 Å². The Balaban J connectivity index is 1.73. The van der Waals surface area contributed by atoms with Gasteiger partial charge in [0.1, 0.15) is 5.78 Å². The molecule has 2 bridgehead atoms. The van der Waals surface area contributed by atoms with Crippen LogP contribution in [-0.4, -0.2) is 28.2 Å². The zero-order valence-corrected chi connectivity index (χ0v) is 14.9. The van der Waals surface area contributed by atoms with Crippen LogP contribution in [0.2, 0.25) is 0 Å². The smallest absolute Gasteiger partial charge is 0.138 e. The monoisotopic (exact) mass is 320 g/mol. The highest BCUT2D eigenvalue weighted by Crippen LogP contribution is 2.72. The molecule has 0 aromatic carbocycles. The summed E-state index contributed by atoms with van der Waals surface area (Å²) >= 11 is 0. The fraction of sp³-hybridized carbons (Fsp3) is 0.950. The Hall–Kier alpha value is -0.410. The molecule has 4 aliphatic carbocycles. The largest absolute Gasteiger partial charge is 0.393 e. The molecule has 6 atom stereocenters. The maximum atomic E-state index is 12.5. The lowest BCUT2D eigenvalue weighted by Gasteiger charge is -2.63. The number of carbonyl (C=O) groups excluding carboxylic acids is 1. The molecule has 130 valence electrons. The lowest BCUT2D eigenvalue weighted by atomic mass is 9.41. The van der Waals surface area contributed by atoms with E-state index in [-0.39, 0.29) is 28.8 Å². The van der Waals surface area contributed by atoms with E-state index in [2.05, 4.69) is 20.8 Å². The Morgan fingerprint density at radius 2 is 1.83 bits per heavy atom. The molecule has 2 N–H and O–H groups in total. The second-order valence-corrected chi connectivity index (χ2v) is 10.1. The number of aliphatic hydroxyl groups excluding tert-OH is 1. The molecule has 3 nitrogen and oxygen atoms in total. The van der Waals surface area contributed by atoms with Crippen molar-refractivity contribution >= 4 is 5.78 Å². The third-order valence-electron chi connectivity index (χ3n) is 8.89. The summed E-state index contributed by atoms with van der Waals surface area (Å²) in [6.07, 6.45) is 8.07. The van der Waals surface area contributed by atoms with E-state index >= 15 is 0 Å². The highest BCUT2D eigenvalue weighted by Gasteiger charge is 2.67. The first-order chi connectivity index (χ1) is 10.7. The summed E-state index contributed by atoms with van der Waals surface area (Å²) in [5.74, 6) is 1.81. The molecule has 3 heteroatoms. The summed E-state index contributed by atoms with van der Waals surface area (Å²) in [4.78, 5) is 12.5. The van der Waals surface area contributed by atoms with Gasteiger partial charge in [-0.05, 0) is 73.5 Å². The van der Waals surface area contributed by atoms with Crippen LogP contribution in [0.1, 0.15) is 72.1 Å². The van der Waals surface area contributed by atoms with Crippen molar-refractivity contribution in [3.8, 4) is 0 Å². The normalized spacial score (nSPS) is 54.5. The van der Waals surface area contributed by atoms with Gasteiger partial charge in [-0.3, -0.25) is 4.79 Å². The summed E-state index contributed by atoms with van der Waals surface area (Å²) in [6.45, 7) is 6.68. The van der Waals surface area contributed by atoms with Crippen molar-refractivity contribution in [2.24, 2.45) is 34.0 Å². The van der Waals surface area contributed by atoms with Crippen LogP contribution >= 0.6 is 0 Å². The lowest BCUT2D eigenvalue weighted by Crippen LogP contribution is -2.58. The van der Waals surface area contributed by atoms with Crippen LogP contribution in [0.25, 0.3) is 0 Å². The Morgan fingerprint density at radius 1 is 1.09 bits per heavy atom. The number of hydrogen-bond acceptors (Lipinski definition) is 3. The summed E-state index contributed by atoms with van der Waals surface area (Å²) in [6, 6.07) is 0. The van der Waals surface area contributed by atoms with Gasteiger partial charge in [-0.2, -0.15) is 0 Å². The summed E-state index contributed by atoms with van der Waals surface area (Å²) in [5.41, 5.74) is -0.612. The fourth-order valence-electron chi connectivity index (χ4n) is 7.83. The first-order valence-corrected chi connectivity index (χ1v) is 9.55. The average Bonchev–Trinajstić information content (AvgIpc) is 2.70. The molecule has 0 heterocycles.